The molecule has 0 saturated carbocycles. The van der Waals surface area contributed by atoms with Gasteiger partial charge in [-0.05, 0) is 37.3 Å². The molecule has 8 aromatic carbocycles. The minimum atomic E-state index is -3.85. The van der Waals surface area contributed by atoms with Crippen LogP contribution in [0.4, 0.5) is 0 Å². The van der Waals surface area contributed by atoms with Gasteiger partial charge in [-0.25, -0.2) is 0 Å². The fourth-order valence-corrected chi connectivity index (χ4v) is 14.4. The van der Waals surface area contributed by atoms with Crippen molar-refractivity contribution in [2.75, 3.05) is 21.3 Å². The Morgan fingerprint density at radius 1 is 0.566 bits per heavy atom. The number of para-hydroxylation sites is 4. The first-order valence-electron chi connectivity index (χ1n) is 25.5. The Hall–Kier alpha value is -8.95. The van der Waals surface area contributed by atoms with E-state index in [0.29, 0.717) is 51.4 Å². The van der Waals surface area contributed by atoms with Gasteiger partial charge in [0, 0.05) is 33.9 Å². The zero-order chi connectivity index (χ0) is 58.8. The van der Waals surface area contributed by atoms with E-state index in [1.807, 2.05) is 176 Å². The number of methoxy groups -OCH3 is 2. The van der Waals surface area contributed by atoms with E-state index in [-0.39, 0.29) is 77.1 Å². The van der Waals surface area contributed by atoms with E-state index >= 15 is 0 Å². The number of phenols is 2. The van der Waals surface area contributed by atoms with Gasteiger partial charge >= 0.3 is 189 Å². The van der Waals surface area contributed by atoms with Gasteiger partial charge in [0.05, 0.1) is 31.6 Å². The van der Waals surface area contributed by atoms with Crippen LogP contribution in [0.2, 0.25) is 0 Å². The molecule has 0 saturated heterocycles. The van der Waals surface area contributed by atoms with Gasteiger partial charge in [-0.15, -0.1) is 0 Å². The van der Waals surface area contributed by atoms with Crippen LogP contribution in [0.25, 0.3) is 43.9 Å². The van der Waals surface area contributed by atoms with Gasteiger partial charge in [0.2, 0.25) is 0 Å². The van der Waals surface area contributed by atoms with E-state index in [0.717, 1.165) is 56.4 Å². The summed E-state index contributed by atoms with van der Waals surface area (Å²) in [5.74, 6) is 0.774. The molecule has 15 nitrogen and oxygen atoms in total. The number of esters is 3. The summed E-state index contributed by atoms with van der Waals surface area (Å²) in [5.41, 5.74) is 3.96. The maximum atomic E-state index is 13.2. The smallest absolute Gasteiger partial charge is 0.857 e. The van der Waals surface area contributed by atoms with Crippen LogP contribution in [-0.4, -0.2) is 66.8 Å². The second kappa shape index (κ2) is 29.2. The Morgan fingerprint density at radius 3 is 1.57 bits per heavy atom. The van der Waals surface area contributed by atoms with E-state index in [1.165, 1.54) is 33.3 Å². The molecule has 4 heterocycles. The number of phenolic OH excluding ortho intramolecular Hbond substituents is 2. The first-order valence-corrected chi connectivity index (χ1v) is 27.8. The summed E-state index contributed by atoms with van der Waals surface area (Å²) < 4.78 is 30.4. The number of benzene rings is 8. The second-order valence-electron chi connectivity index (χ2n) is 18.2. The molecule has 3 aromatic heterocycles. The molecular formula is C66H58NaO15P. The summed E-state index contributed by atoms with van der Waals surface area (Å²) in [7, 11) is 3.42. The Bertz CT molecular complexity index is 3860. The van der Waals surface area contributed by atoms with E-state index in [1.54, 1.807) is 25.1 Å². The summed E-state index contributed by atoms with van der Waals surface area (Å²) in [6, 6.07) is 63.7. The molecule has 0 spiro atoms. The van der Waals surface area contributed by atoms with Crippen molar-refractivity contribution in [3.63, 3.8) is 0 Å². The summed E-state index contributed by atoms with van der Waals surface area (Å²) in [4.78, 5) is 70.6. The number of carbonyl (C=O) groups is 6. The van der Waals surface area contributed by atoms with Gasteiger partial charge in [-0.2, -0.15) is 7.11 Å². The summed E-state index contributed by atoms with van der Waals surface area (Å²) in [6.45, 7) is -0.857. The fourth-order valence-electron chi connectivity index (χ4n) is 9.49. The van der Waals surface area contributed by atoms with Crippen LogP contribution in [0.15, 0.2) is 220 Å². The first-order chi connectivity index (χ1) is 39.7. The van der Waals surface area contributed by atoms with Gasteiger partial charge < -0.3 is 42.8 Å². The van der Waals surface area contributed by atoms with Crippen molar-refractivity contribution in [1.82, 2.24) is 0 Å². The van der Waals surface area contributed by atoms with E-state index in [2.05, 4.69) is 9.47 Å². The quantitative estimate of drug-likeness (QED) is 0.0331. The van der Waals surface area contributed by atoms with Crippen LogP contribution in [0.1, 0.15) is 41.3 Å². The largest absolute Gasteiger partial charge is 1.00 e. The molecule has 11 aromatic rings. The molecule has 0 aliphatic carbocycles. The number of hydrogen-bond acceptors (Lipinski definition) is 15. The molecule has 17 heteroatoms. The standard InChI is InChI=1S/C21H19O2P.C13H12O4.C12H8O3.C11H10O3.C8H6O2.CH3O.Na/c1-18(23)24(17-22,19-11-5-2-6-12-19,20-13-7-3-8-14-20)21-15-9-4-10-16-21;1-8(14)13-9-5-3-4-6-10(9)17-11(13)7-12(15)16-2;13-7-5-9(14)12-8-3-1-2-4-10(8)15-11(12)6-7;1-13-11(12)7-9-6-8-4-2-3-5-10(8)14-9;9-8-5-6-3-1-2-4-7(6)10-8;1-2;/h2-17H,1H3;3-6H,7H2,1-2H3;1-6,13-14H;2-6H,7H2,1H3;1-4H,5H2;1H3;/q;;;;;-1;+1. The third kappa shape index (κ3) is 13.9. The van der Waals surface area contributed by atoms with Crippen molar-refractivity contribution in [3.05, 3.63) is 229 Å². The molecule has 1 aliphatic heterocycles. The average Bonchev–Trinajstić information content (AvgIpc) is 3.66. The number of furan rings is 3. The van der Waals surface area contributed by atoms with Gasteiger partial charge in [0.25, 0.3) is 0 Å². The Morgan fingerprint density at radius 2 is 1.05 bits per heavy atom. The number of ether oxygens (including phenoxy) is 3. The summed E-state index contributed by atoms with van der Waals surface area (Å²) in [5, 5.41) is 32.9. The van der Waals surface area contributed by atoms with Crippen molar-refractivity contribution in [2.24, 2.45) is 0 Å². The topological polar surface area (TPSA) is 233 Å². The minimum Gasteiger partial charge on any atom is -0.857 e. The maximum Gasteiger partial charge on any atom is 1.00 e. The molecule has 0 unspecified atom stereocenters. The van der Waals surface area contributed by atoms with Crippen molar-refractivity contribution in [3.8, 4) is 17.2 Å². The Balaban J connectivity index is 0.000000169. The molecule has 418 valence electrons. The van der Waals surface area contributed by atoms with E-state index in [9.17, 15) is 39.0 Å². The van der Waals surface area contributed by atoms with Crippen LogP contribution in [0, 0.1) is 0 Å². The first kappa shape index (κ1) is 63.2. The average molecular weight is 1150 g/mol. The number of rotatable bonds is 10. The van der Waals surface area contributed by atoms with Crippen LogP contribution in [0.5, 0.6) is 17.2 Å². The zero-order valence-corrected chi connectivity index (χ0v) is 49.4. The van der Waals surface area contributed by atoms with Crippen molar-refractivity contribution < 1.29 is 101 Å². The Kier molecular flexibility index (Phi) is 22.2. The molecule has 0 fully saturated rings. The SMILES string of the molecule is CC(=O)P(C=O)(c1ccccc1)(c1ccccc1)c1ccccc1.COC(=O)Cc1cc2ccccc2o1.COC(=O)Cc1oc2ccccc2c1C(C)=O.C[O-].O=C1Cc2ccccc2O1.Oc1cc(O)c2c(c1)oc1ccccc12.[Na+]. The monoisotopic (exact) mass is 1140 g/mol. The number of ketones is 1. The molecule has 2 N–H and O–H groups in total. The third-order valence-electron chi connectivity index (χ3n) is 13.3. The number of carbonyl (C=O) groups excluding carboxylic acids is 6. The molecular weight excluding hydrogens is 1090 g/mol. The van der Waals surface area contributed by atoms with Crippen LogP contribution < -0.4 is 55.3 Å². The number of aromatic hydroxyl groups is 2. The van der Waals surface area contributed by atoms with Gasteiger partial charge in [0.15, 0.2) is 5.78 Å². The number of hydrogen-bond donors (Lipinski definition) is 2. The zero-order valence-electron chi connectivity index (χ0n) is 46.5. The van der Waals surface area contributed by atoms with Crippen molar-refractivity contribution >= 4 is 102 Å². The Labute approximate surface area is 500 Å². The van der Waals surface area contributed by atoms with E-state index < -0.39 is 12.6 Å². The normalized spacial score (nSPS) is 11.4. The van der Waals surface area contributed by atoms with Crippen LogP contribution in [0.3, 0.4) is 0 Å². The minimum absolute atomic E-state index is 0. The van der Waals surface area contributed by atoms with Gasteiger partial charge in [-0.3, -0.25) is 19.2 Å². The molecule has 0 amide bonds. The predicted octanol–water partition coefficient (Wildman–Crippen LogP) is 7.88. The van der Waals surface area contributed by atoms with Gasteiger partial charge in [-0.1, -0.05) is 72.8 Å². The van der Waals surface area contributed by atoms with Gasteiger partial charge in [0.1, 0.15) is 63.9 Å². The molecule has 12 rings (SSSR count). The number of fused-ring (bicyclic) bond motifs is 6. The number of Topliss-reactive ketones (excluding diaryl/α,β-unsaturated/α-hetero) is 1. The molecule has 83 heavy (non-hydrogen) atoms. The second-order valence-corrected chi connectivity index (χ2v) is 23.0. The predicted molar refractivity (Wildman–Crippen MR) is 315 cm³/mol. The molecule has 0 atom stereocenters. The fraction of sp³-hybridized carbons (Fsp3) is 0.121. The summed E-state index contributed by atoms with van der Waals surface area (Å²) in [6.07, 6.45) is 0.585. The van der Waals surface area contributed by atoms with Crippen LogP contribution in [-0.2, 0) is 52.7 Å². The molecule has 0 radical (unpaired) electrons. The summed E-state index contributed by atoms with van der Waals surface area (Å²) >= 11 is 0. The molecule has 0 bridgehead atoms. The van der Waals surface area contributed by atoms with Crippen molar-refractivity contribution in [2.45, 2.75) is 33.1 Å². The van der Waals surface area contributed by atoms with Crippen LogP contribution >= 0.6 is 6.60 Å². The third-order valence-corrected chi connectivity index (χ3v) is 19.1. The maximum absolute atomic E-state index is 13.2. The van der Waals surface area contributed by atoms with E-state index in [4.69, 9.17) is 23.1 Å². The molecule has 1 aliphatic rings. The van der Waals surface area contributed by atoms with Crippen molar-refractivity contribution in [1.29, 1.82) is 0 Å².